The van der Waals surface area contributed by atoms with Gasteiger partial charge >= 0.3 is 0 Å². The van der Waals surface area contributed by atoms with Crippen molar-refractivity contribution in [1.29, 1.82) is 0 Å². The highest BCUT2D eigenvalue weighted by molar-refractivity contribution is 7.93. The van der Waals surface area contributed by atoms with Gasteiger partial charge in [-0.05, 0) is 39.0 Å². The molecule has 1 amide bonds. The fourth-order valence-corrected chi connectivity index (χ4v) is 2.65. The van der Waals surface area contributed by atoms with Crippen molar-refractivity contribution < 1.29 is 17.9 Å². The molecule has 1 heterocycles. The van der Waals surface area contributed by atoms with Gasteiger partial charge in [-0.25, -0.2) is 13.4 Å². The highest BCUT2D eigenvalue weighted by Crippen LogP contribution is 2.23. The van der Waals surface area contributed by atoms with Crippen molar-refractivity contribution in [1.82, 2.24) is 15.3 Å². The molecule has 0 unspecified atom stereocenters. The van der Waals surface area contributed by atoms with Crippen molar-refractivity contribution in [2.75, 3.05) is 6.26 Å². The molecule has 148 valence electrons. The lowest BCUT2D eigenvalue weighted by atomic mass is 10.2. The lowest BCUT2D eigenvalue weighted by Crippen LogP contribution is -2.31. The van der Waals surface area contributed by atoms with Crippen LogP contribution in [0.15, 0.2) is 53.6 Å². The van der Waals surface area contributed by atoms with Crippen LogP contribution in [-0.2, 0) is 9.84 Å². The van der Waals surface area contributed by atoms with Crippen molar-refractivity contribution in [3.8, 4) is 11.6 Å². The van der Waals surface area contributed by atoms with E-state index in [4.69, 9.17) is 4.74 Å². The average molecular weight is 401 g/mol. The molecular formula is C20H23N3O4S. The molecule has 28 heavy (non-hydrogen) atoms. The van der Waals surface area contributed by atoms with E-state index in [2.05, 4.69) is 15.3 Å². The Morgan fingerprint density at radius 3 is 2.50 bits per heavy atom. The third kappa shape index (κ3) is 6.96. The van der Waals surface area contributed by atoms with Gasteiger partial charge in [0, 0.05) is 23.9 Å². The highest BCUT2D eigenvalue weighted by Gasteiger charge is 2.18. The van der Waals surface area contributed by atoms with E-state index in [1.165, 1.54) is 12.3 Å². The van der Waals surface area contributed by atoms with E-state index in [0.717, 1.165) is 17.2 Å². The molecule has 0 saturated heterocycles. The zero-order chi connectivity index (χ0) is 20.7. The third-order valence-electron chi connectivity index (χ3n) is 3.37. The number of hydrogen-bond donors (Lipinski definition) is 1. The molecule has 0 fully saturated rings. The maximum absolute atomic E-state index is 12.7. The van der Waals surface area contributed by atoms with Gasteiger partial charge in [0.1, 0.15) is 11.3 Å². The minimum Gasteiger partial charge on any atom is -0.438 e. The maximum Gasteiger partial charge on any atom is 0.258 e. The fraction of sp³-hybridized carbons (Fsp3) is 0.250. The Labute approximate surface area is 165 Å². The van der Waals surface area contributed by atoms with Crippen molar-refractivity contribution in [2.24, 2.45) is 0 Å². The number of nitrogens with zero attached hydrogens (tertiary/aromatic N) is 2. The summed E-state index contributed by atoms with van der Waals surface area (Å²) in [5, 5.41) is 3.74. The topological polar surface area (TPSA) is 98.2 Å². The molecule has 0 aliphatic carbocycles. The Bertz CT molecular complexity index is 995. The van der Waals surface area contributed by atoms with Gasteiger partial charge in [-0.3, -0.25) is 4.79 Å². The summed E-state index contributed by atoms with van der Waals surface area (Å²) in [5.74, 6) is 0.599. The van der Waals surface area contributed by atoms with Crippen LogP contribution in [-0.4, -0.2) is 36.6 Å². The molecular weight excluding hydrogens is 378 g/mol. The number of carbonyl (C=O) groups is 1. The summed E-state index contributed by atoms with van der Waals surface area (Å²) in [6.07, 6.45) is 5.64. The van der Waals surface area contributed by atoms with E-state index in [9.17, 15) is 13.2 Å². The van der Waals surface area contributed by atoms with E-state index in [1.807, 2.05) is 32.0 Å². The number of rotatable bonds is 7. The SMILES string of the molecule is CC(C)=Cc1ncc(C(=O)N[C@@H](C)/C=C/S(C)(=O)=O)c(Oc2ccccc2)n1. The monoisotopic (exact) mass is 401 g/mol. The molecule has 8 heteroatoms. The summed E-state index contributed by atoms with van der Waals surface area (Å²) in [6, 6.07) is 8.47. The Balaban J connectivity index is 2.32. The molecule has 0 aliphatic rings. The minimum atomic E-state index is -3.27. The molecule has 1 aromatic heterocycles. The second-order valence-corrected chi connectivity index (χ2v) is 8.44. The quantitative estimate of drug-likeness (QED) is 0.764. The number of nitrogens with one attached hydrogen (secondary N) is 1. The lowest BCUT2D eigenvalue weighted by molar-refractivity contribution is 0.0943. The normalized spacial score (nSPS) is 12.4. The van der Waals surface area contributed by atoms with Gasteiger partial charge in [0.25, 0.3) is 5.91 Å². The zero-order valence-corrected chi connectivity index (χ0v) is 17.0. The highest BCUT2D eigenvalue weighted by atomic mass is 32.2. The molecule has 0 bridgehead atoms. The first-order chi connectivity index (χ1) is 13.1. The van der Waals surface area contributed by atoms with Gasteiger partial charge in [-0.2, -0.15) is 4.98 Å². The summed E-state index contributed by atoms with van der Waals surface area (Å²) in [5.41, 5.74) is 1.15. The number of allylic oxidation sites excluding steroid dienone is 1. The van der Waals surface area contributed by atoms with E-state index in [-0.39, 0.29) is 11.4 Å². The lowest BCUT2D eigenvalue weighted by Gasteiger charge is -2.13. The number of aromatic nitrogens is 2. The van der Waals surface area contributed by atoms with E-state index in [0.29, 0.717) is 11.6 Å². The number of hydrogen-bond acceptors (Lipinski definition) is 6. The Morgan fingerprint density at radius 1 is 1.21 bits per heavy atom. The Morgan fingerprint density at radius 2 is 1.89 bits per heavy atom. The molecule has 0 spiro atoms. The number of para-hydroxylation sites is 1. The van der Waals surface area contributed by atoms with Crippen LogP contribution in [0.3, 0.4) is 0 Å². The molecule has 2 aromatic rings. The van der Waals surface area contributed by atoms with Crippen LogP contribution in [0, 0.1) is 0 Å². The number of benzene rings is 1. The van der Waals surface area contributed by atoms with Gasteiger partial charge in [-0.15, -0.1) is 0 Å². The number of ether oxygens (including phenoxy) is 1. The van der Waals surface area contributed by atoms with Crippen LogP contribution in [0.25, 0.3) is 6.08 Å². The molecule has 2 rings (SSSR count). The molecule has 7 nitrogen and oxygen atoms in total. The summed E-state index contributed by atoms with van der Waals surface area (Å²) in [4.78, 5) is 21.2. The molecule has 0 radical (unpaired) electrons. The number of carbonyl (C=O) groups excluding carboxylic acids is 1. The van der Waals surface area contributed by atoms with Gasteiger partial charge in [-0.1, -0.05) is 29.8 Å². The third-order valence-corrected chi connectivity index (χ3v) is 4.02. The summed E-state index contributed by atoms with van der Waals surface area (Å²) in [7, 11) is -3.27. The molecule has 0 aliphatic heterocycles. The standard InChI is InChI=1S/C20H23N3O4S/c1-14(2)12-18-21-13-17(19(24)22-15(3)10-11-28(4,25)26)20(23-18)27-16-8-6-5-7-9-16/h5-13,15H,1-4H3,(H,22,24)/b11-10+/t15-/m0/s1. The summed E-state index contributed by atoms with van der Waals surface area (Å²) < 4.78 is 28.3. The van der Waals surface area contributed by atoms with Gasteiger partial charge < -0.3 is 10.1 Å². The first-order valence-electron chi connectivity index (χ1n) is 8.58. The second kappa shape index (κ2) is 9.27. The van der Waals surface area contributed by atoms with Crippen LogP contribution in [0.1, 0.15) is 37.0 Å². The van der Waals surface area contributed by atoms with Crippen LogP contribution in [0.2, 0.25) is 0 Å². The molecule has 1 atom stereocenters. The Kier molecular flexibility index (Phi) is 7.06. The van der Waals surface area contributed by atoms with Crippen LogP contribution >= 0.6 is 0 Å². The average Bonchev–Trinajstić information content (AvgIpc) is 2.60. The predicted octanol–water partition coefficient (Wildman–Crippen LogP) is 3.37. The van der Waals surface area contributed by atoms with Gasteiger partial charge in [0.05, 0.1) is 0 Å². The molecule has 0 saturated carbocycles. The van der Waals surface area contributed by atoms with E-state index < -0.39 is 21.8 Å². The predicted molar refractivity (Wildman–Crippen MR) is 109 cm³/mol. The fourth-order valence-electron chi connectivity index (χ4n) is 2.13. The first-order valence-corrected chi connectivity index (χ1v) is 10.5. The summed E-state index contributed by atoms with van der Waals surface area (Å²) >= 11 is 0. The number of sulfone groups is 1. The summed E-state index contributed by atoms with van der Waals surface area (Å²) in [6.45, 7) is 5.49. The van der Waals surface area contributed by atoms with Crippen molar-refractivity contribution >= 4 is 21.8 Å². The maximum atomic E-state index is 12.7. The smallest absolute Gasteiger partial charge is 0.258 e. The zero-order valence-electron chi connectivity index (χ0n) is 16.2. The first kappa shape index (κ1) is 21.3. The number of amides is 1. The van der Waals surface area contributed by atoms with Crippen LogP contribution < -0.4 is 10.1 Å². The Hall–Kier alpha value is -3.00. The van der Waals surface area contributed by atoms with E-state index in [1.54, 1.807) is 25.1 Å². The van der Waals surface area contributed by atoms with Crippen LogP contribution in [0.5, 0.6) is 11.6 Å². The van der Waals surface area contributed by atoms with Crippen molar-refractivity contribution in [2.45, 2.75) is 26.8 Å². The van der Waals surface area contributed by atoms with Gasteiger partial charge in [0.15, 0.2) is 15.7 Å². The van der Waals surface area contributed by atoms with Crippen LogP contribution in [0.4, 0.5) is 0 Å². The largest absolute Gasteiger partial charge is 0.438 e. The van der Waals surface area contributed by atoms with Gasteiger partial charge in [0.2, 0.25) is 5.88 Å². The van der Waals surface area contributed by atoms with Crippen molar-refractivity contribution in [3.63, 3.8) is 0 Å². The van der Waals surface area contributed by atoms with Crippen molar-refractivity contribution in [3.05, 3.63) is 65.0 Å². The minimum absolute atomic E-state index is 0.116. The molecule has 1 aromatic carbocycles. The molecule has 1 N–H and O–H groups in total. The second-order valence-electron chi connectivity index (χ2n) is 6.50. The van der Waals surface area contributed by atoms with E-state index >= 15 is 0 Å².